The van der Waals surface area contributed by atoms with Crippen molar-refractivity contribution in [3.05, 3.63) is 17.6 Å². The lowest BCUT2D eigenvalue weighted by Crippen LogP contribution is -2.29. The maximum atomic E-state index is 12.5. The summed E-state index contributed by atoms with van der Waals surface area (Å²) in [4.78, 5) is 24.9. The number of sulfonamides is 1. The summed E-state index contributed by atoms with van der Waals surface area (Å²) in [6.45, 7) is 3.62. The summed E-state index contributed by atoms with van der Waals surface area (Å²) >= 11 is 0. The standard InChI is InChI=1S/C14H20N2O6S/c1-8-6-16(7-10(8)14(18)19)13(17)11-5-12(9(2)22-11)23(20,21)15(3)4/h5,8,10H,6-7H2,1-4H3,(H,18,19)/t8-,10-/m1/s1. The van der Waals surface area contributed by atoms with Gasteiger partial charge in [-0.2, -0.15) is 0 Å². The van der Waals surface area contributed by atoms with Gasteiger partial charge >= 0.3 is 5.97 Å². The maximum absolute atomic E-state index is 12.5. The summed E-state index contributed by atoms with van der Waals surface area (Å²) in [6, 6.07) is 1.20. The van der Waals surface area contributed by atoms with Gasteiger partial charge in [0.1, 0.15) is 10.7 Å². The highest BCUT2D eigenvalue weighted by atomic mass is 32.2. The fourth-order valence-electron chi connectivity index (χ4n) is 2.63. The molecular formula is C14H20N2O6S. The first-order chi connectivity index (χ1) is 10.6. The van der Waals surface area contributed by atoms with Gasteiger partial charge in [0.2, 0.25) is 10.0 Å². The van der Waals surface area contributed by atoms with E-state index in [4.69, 9.17) is 9.52 Å². The molecule has 2 rings (SSSR count). The fraction of sp³-hybridized carbons (Fsp3) is 0.571. The van der Waals surface area contributed by atoms with Crippen molar-refractivity contribution in [2.45, 2.75) is 18.7 Å². The molecule has 0 aromatic carbocycles. The number of carbonyl (C=O) groups is 2. The molecular weight excluding hydrogens is 324 g/mol. The minimum absolute atomic E-state index is 0.0621. The predicted octanol–water partition coefficient (Wildman–Crippen LogP) is 0.631. The van der Waals surface area contributed by atoms with Crippen molar-refractivity contribution in [3.63, 3.8) is 0 Å². The number of carboxylic acid groups (broad SMARTS) is 1. The van der Waals surface area contributed by atoms with Gasteiger partial charge in [0.05, 0.1) is 5.92 Å². The number of furan rings is 1. The van der Waals surface area contributed by atoms with Gasteiger partial charge < -0.3 is 14.4 Å². The predicted molar refractivity (Wildman–Crippen MR) is 80.5 cm³/mol. The number of likely N-dealkylation sites (tertiary alicyclic amines) is 1. The number of hydrogen-bond acceptors (Lipinski definition) is 5. The highest BCUT2D eigenvalue weighted by molar-refractivity contribution is 7.89. The van der Waals surface area contributed by atoms with Crippen LogP contribution in [0, 0.1) is 18.8 Å². The second-order valence-electron chi connectivity index (χ2n) is 5.95. The molecule has 23 heavy (non-hydrogen) atoms. The second-order valence-corrected chi connectivity index (χ2v) is 8.07. The number of aryl methyl sites for hydroxylation is 1. The van der Waals surface area contributed by atoms with E-state index in [1.165, 1.54) is 32.0 Å². The van der Waals surface area contributed by atoms with E-state index in [9.17, 15) is 18.0 Å². The molecule has 1 amide bonds. The van der Waals surface area contributed by atoms with Crippen molar-refractivity contribution in [1.29, 1.82) is 0 Å². The topological polar surface area (TPSA) is 108 Å². The number of rotatable bonds is 4. The van der Waals surface area contributed by atoms with Gasteiger partial charge in [-0.15, -0.1) is 0 Å². The van der Waals surface area contributed by atoms with Crippen LogP contribution in [0.3, 0.4) is 0 Å². The lowest BCUT2D eigenvalue weighted by Gasteiger charge is -2.13. The van der Waals surface area contributed by atoms with Crippen molar-refractivity contribution < 1.29 is 27.5 Å². The van der Waals surface area contributed by atoms with Crippen molar-refractivity contribution >= 4 is 21.9 Å². The highest BCUT2D eigenvalue weighted by Gasteiger charge is 2.38. The number of carboxylic acids is 1. The minimum atomic E-state index is -3.70. The summed E-state index contributed by atoms with van der Waals surface area (Å²) in [6.07, 6.45) is 0. The number of amides is 1. The van der Waals surface area contributed by atoms with Gasteiger partial charge in [-0.05, 0) is 12.8 Å². The van der Waals surface area contributed by atoms with E-state index in [-0.39, 0.29) is 28.9 Å². The molecule has 0 radical (unpaired) electrons. The second kappa shape index (κ2) is 5.97. The third-order valence-electron chi connectivity index (χ3n) is 4.06. The molecule has 1 aromatic heterocycles. The molecule has 0 spiro atoms. The largest absolute Gasteiger partial charge is 0.481 e. The molecule has 0 saturated carbocycles. The van der Waals surface area contributed by atoms with Crippen LogP contribution in [-0.4, -0.2) is 61.8 Å². The van der Waals surface area contributed by atoms with E-state index in [1.807, 2.05) is 0 Å². The number of carbonyl (C=O) groups excluding carboxylic acids is 1. The molecule has 2 heterocycles. The van der Waals surface area contributed by atoms with E-state index in [1.54, 1.807) is 6.92 Å². The van der Waals surface area contributed by atoms with Crippen LogP contribution in [-0.2, 0) is 14.8 Å². The molecule has 2 atom stereocenters. The Morgan fingerprint density at radius 3 is 2.43 bits per heavy atom. The average Bonchev–Trinajstić information content (AvgIpc) is 3.01. The molecule has 128 valence electrons. The third kappa shape index (κ3) is 3.11. The van der Waals surface area contributed by atoms with Crippen LogP contribution in [0.15, 0.2) is 15.4 Å². The zero-order chi connectivity index (χ0) is 17.5. The maximum Gasteiger partial charge on any atom is 0.308 e. The smallest absolute Gasteiger partial charge is 0.308 e. The number of hydrogen-bond donors (Lipinski definition) is 1. The first-order valence-corrected chi connectivity index (χ1v) is 8.54. The van der Waals surface area contributed by atoms with Gasteiger partial charge in [-0.25, -0.2) is 12.7 Å². The summed E-state index contributed by atoms with van der Waals surface area (Å²) in [5.74, 6) is -2.20. The van der Waals surface area contributed by atoms with E-state index in [0.29, 0.717) is 6.54 Å². The van der Waals surface area contributed by atoms with Gasteiger partial charge in [0, 0.05) is 33.3 Å². The van der Waals surface area contributed by atoms with Crippen LogP contribution in [0.4, 0.5) is 0 Å². The van der Waals surface area contributed by atoms with Crippen LogP contribution in [0.2, 0.25) is 0 Å². The first-order valence-electron chi connectivity index (χ1n) is 7.10. The lowest BCUT2D eigenvalue weighted by molar-refractivity contribution is -0.142. The van der Waals surface area contributed by atoms with E-state index in [0.717, 1.165) is 4.31 Å². The summed E-state index contributed by atoms with van der Waals surface area (Å²) in [5, 5.41) is 9.12. The average molecular weight is 344 g/mol. The van der Waals surface area contributed by atoms with Crippen molar-refractivity contribution in [2.24, 2.45) is 11.8 Å². The summed E-state index contributed by atoms with van der Waals surface area (Å²) in [7, 11) is -0.921. The van der Waals surface area contributed by atoms with Gasteiger partial charge in [0.25, 0.3) is 5.91 Å². The quantitative estimate of drug-likeness (QED) is 0.858. The Morgan fingerprint density at radius 1 is 1.35 bits per heavy atom. The summed E-state index contributed by atoms with van der Waals surface area (Å²) < 4.78 is 30.7. The molecule has 1 fully saturated rings. The van der Waals surface area contributed by atoms with Gasteiger partial charge in [0.15, 0.2) is 5.76 Å². The molecule has 0 bridgehead atoms. The molecule has 1 saturated heterocycles. The lowest BCUT2D eigenvalue weighted by atomic mass is 9.99. The molecule has 1 aliphatic heterocycles. The van der Waals surface area contributed by atoms with Crippen LogP contribution in [0.25, 0.3) is 0 Å². The van der Waals surface area contributed by atoms with Gasteiger partial charge in [-0.1, -0.05) is 6.92 Å². The van der Waals surface area contributed by atoms with Crippen molar-refractivity contribution in [3.8, 4) is 0 Å². The minimum Gasteiger partial charge on any atom is -0.481 e. The normalized spacial score (nSPS) is 21.9. The summed E-state index contributed by atoms with van der Waals surface area (Å²) in [5.41, 5.74) is 0. The molecule has 8 nitrogen and oxygen atoms in total. The Hall–Kier alpha value is -1.87. The van der Waals surface area contributed by atoms with Gasteiger partial charge in [-0.3, -0.25) is 9.59 Å². The van der Waals surface area contributed by atoms with Crippen LogP contribution < -0.4 is 0 Å². The van der Waals surface area contributed by atoms with Crippen molar-refractivity contribution in [2.75, 3.05) is 27.2 Å². The Morgan fingerprint density at radius 2 is 1.96 bits per heavy atom. The Labute approximate surface area is 134 Å². The molecule has 1 aliphatic rings. The van der Waals surface area contributed by atoms with Crippen LogP contribution in [0.5, 0.6) is 0 Å². The Kier molecular flexibility index (Phi) is 4.54. The third-order valence-corrected chi connectivity index (χ3v) is 5.98. The molecule has 1 N–H and O–H groups in total. The first kappa shape index (κ1) is 17.5. The van der Waals surface area contributed by atoms with Crippen molar-refractivity contribution in [1.82, 2.24) is 9.21 Å². The zero-order valence-electron chi connectivity index (χ0n) is 13.4. The van der Waals surface area contributed by atoms with Crippen LogP contribution >= 0.6 is 0 Å². The monoisotopic (exact) mass is 344 g/mol. The molecule has 0 aliphatic carbocycles. The molecule has 9 heteroatoms. The Balaban J connectivity index is 2.28. The van der Waals surface area contributed by atoms with E-state index < -0.39 is 27.8 Å². The van der Waals surface area contributed by atoms with E-state index in [2.05, 4.69) is 0 Å². The van der Waals surface area contributed by atoms with E-state index >= 15 is 0 Å². The zero-order valence-corrected chi connectivity index (χ0v) is 14.3. The number of nitrogens with zero attached hydrogens (tertiary/aromatic N) is 2. The molecule has 1 aromatic rings. The Bertz CT molecular complexity index is 736. The molecule has 0 unspecified atom stereocenters. The SMILES string of the molecule is Cc1oc(C(=O)N2C[C@@H](C)[C@H](C(=O)O)C2)cc1S(=O)(=O)N(C)C. The number of aliphatic carboxylic acids is 1. The highest BCUT2D eigenvalue weighted by Crippen LogP contribution is 2.27. The van der Waals surface area contributed by atoms with Crippen LogP contribution in [0.1, 0.15) is 23.2 Å². The fourth-order valence-corrected chi connectivity index (χ4v) is 3.69.